The first-order valence-corrected chi connectivity index (χ1v) is 7.51. The van der Waals surface area contributed by atoms with Gasteiger partial charge in [0.15, 0.2) is 0 Å². The maximum Gasteiger partial charge on any atom is -0.00582 e. The van der Waals surface area contributed by atoms with Crippen molar-refractivity contribution in [1.82, 2.24) is 0 Å². The largest absolute Gasteiger partial charge is 0.212 e. The lowest BCUT2D eigenvalue weighted by atomic mass is 10.1. The molecule has 0 saturated carbocycles. The summed E-state index contributed by atoms with van der Waals surface area (Å²) < 4.78 is 0. The molecule has 0 nitrogen and oxygen atoms in total. The van der Waals surface area contributed by atoms with Crippen LogP contribution in [0.25, 0.3) is 0 Å². The van der Waals surface area contributed by atoms with Gasteiger partial charge in [0, 0.05) is 0 Å². The van der Waals surface area contributed by atoms with Gasteiger partial charge in [0.2, 0.25) is 0 Å². The number of allylic oxidation sites excluding steroid dienone is 2. The summed E-state index contributed by atoms with van der Waals surface area (Å²) in [4.78, 5) is 0. The topological polar surface area (TPSA) is 0 Å². The van der Waals surface area contributed by atoms with Crippen molar-refractivity contribution >= 4 is 22.2 Å². The summed E-state index contributed by atoms with van der Waals surface area (Å²) in [5, 5.41) is 9.26. The van der Waals surface area contributed by atoms with Crippen molar-refractivity contribution in [2.45, 2.75) is 19.8 Å². The fourth-order valence-electron chi connectivity index (χ4n) is 1.65. The maximum absolute atomic E-state index is 2.43. The van der Waals surface area contributed by atoms with E-state index >= 15 is 0 Å². The Hall–Kier alpha value is -0.470. The first kappa shape index (κ1) is 10.1. The van der Waals surface area contributed by atoms with E-state index in [2.05, 4.69) is 47.6 Å². The lowest BCUT2D eigenvalue weighted by Crippen LogP contribution is -1.96. The smallest absolute Gasteiger partial charge is 0.00582 e. The molecule has 0 N–H and O–H groups in total. The number of hydrogen-bond donors (Lipinski definition) is 1. The molecule has 1 aromatic heterocycles. The molecule has 0 aliphatic carbocycles. The van der Waals surface area contributed by atoms with Gasteiger partial charge in [0.1, 0.15) is 0 Å². The molecule has 1 aliphatic rings. The van der Waals surface area contributed by atoms with Gasteiger partial charge >= 0.3 is 0 Å². The Labute approximate surface area is 92.7 Å². The molecule has 0 amide bonds. The van der Waals surface area contributed by atoms with Gasteiger partial charge in [-0.25, -0.2) is 10.9 Å². The fraction of sp³-hybridized carbons (Fsp3) is 0.333. The van der Waals surface area contributed by atoms with Gasteiger partial charge < -0.3 is 0 Å². The molecule has 0 spiro atoms. The zero-order valence-electron chi connectivity index (χ0n) is 8.60. The van der Waals surface area contributed by atoms with E-state index in [4.69, 9.17) is 0 Å². The second kappa shape index (κ2) is 4.37. The molecule has 0 bridgehead atoms. The Kier molecular flexibility index (Phi) is 3.14. The highest BCUT2D eigenvalue weighted by atomic mass is 32.2. The van der Waals surface area contributed by atoms with Crippen LogP contribution in [0, 0.1) is 0 Å². The zero-order valence-corrected chi connectivity index (χ0v) is 10.3. The summed E-state index contributed by atoms with van der Waals surface area (Å²) in [7, 11) is 0.0334. The summed E-state index contributed by atoms with van der Waals surface area (Å²) >= 11 is 1.80. The van der Waals surface area contributed by atoms with Crippen LogP contribution in [0.2, 0.25) is 0 Å². The molecule has 2 rings (SSSR count). The average molecular weight is 224 g/mol. The lowest BCUT2D eigenvalue weighted by molar-refractivity contribution is 0.886. The molecule has 0 saturated heterocycles. The maximum atomic E-state index is 2.43. The molecule has 0 radical (unpaired) electrons. The van der Waals surface area contributed by atoms with Gasteiger partial charge in [-0.05, 0) is 57.4 Å². The van der Waals surface area contributed by atoms with E-state index in [1.165, 1.54) is 16.9 Å². The molecule has 1 aliphatic heterocycles. The van der Waals surface area contributed by atoms with E-state index < -0.39 is 0 Å². The Bertz CT molecular complexity index is 346. The van der Waals surface area contributed by atoms with Crippen LogP contribution in [-0.2, 0) is 0 Å². The third-order valence-corrected chi connectivity index (χ3v) is 5.44. The van der Waals surface area contributed by atoms with E-state index in [9.17, 15) is 0 Å². The minimum absolute atomic E-state index is 0.0334. The van der Waals surface area contributed by atoms with Crippen LogP contribution in [0.3, 0.4) is 0 Å². The van der Waals surface area contributed by atoms with Crippen LogP contribution in [0.5, 0.6) is 0 Å². The van der Waals surface area contributed by atoms with E-state index in [1.54, 1.807) is 11.3 Å². The van der Waals surface area contributed by atoms with Crippen molar-refractivity contribution in [2.75, 3.05) is 5.75 Å². The number of hydrogen-bond acceptors (Lipinski definition) is 1. The minimum atomic E-state index is 0.0334. The van der Waals surface area contributed by atoms with E-state index in [1.807, 2.05) is 0 Å². The summed E-state index contributed by atoms with van der Waals surface area (Å²) in [5.41, 5.74) is 2.94. The summed E-state index contributed by atoms with van der Waals surface area (Å²) in [6.45, 7) is 4.52. The van der Waals surface area contributed by atoms with Gasteiger partial charge in [0.05, 0.1) is 0 Å². The lowest BCUT2D eigenvalue weighted by Gasteiger charge is -2.15. The molecule has 2 atom stereocenters. The number of thiol groups is 1. The van der Waals surface area contributed by atoms with Crippen molar-refractivity contribution in [1.29, 1.82) is 0 Å². The normalized spacial score (nSPS) is 25.0. The molecular weight excluding hydrogens is 208 g/mol. The Morgan fingerprint density at radius 2 is 2.36 bits per heavy atom. The SMILES string of the molecule is CC1=C[SH](CC(C)c2ccsc2)C=C1. The van der Waals surface area contributed by atoms with Crippen molar-refractivity contribution in [3.8, 4) is 0 Å². The minimum Gasteiger partial charge on any atom is -0.212 e. The molecule has 0 aromatic carbocycles. The second-order valence-electron chi connectivity index (χ2n) is 3.84. The van der Waals surface area contributed by atoms with E-state index in [0.29, 0.717) is 5.92 Å². The summed E-state index contributed by atoms with van der Waals surface area (Å²) in [6.07, 6.45) is 2.26. The monoisotopic (exact) mass is 224 g/mol. The highest BCUT2D eigenvalue weighted by Crippen LogP contribution is 2.40. The molecule has 76 valence electrons. The molecule has 2 heteroatoms. The van der Waals surface area contributed by atoms with Crippen molar-refractivity contribution in [2.24, 2.45) is 0 Å². The first-order chi connectivity index (χ1) is 6.75. The zero-order chi connectivity index (χ0) is 9.97. The van der Waals surface area contributed by atoms with Gasteiger partial charge in [-0.15, -0.1) is 0 Å². The molecular formula is C12H16S2. The molecule has 2 heterocycles. The van der Waals surface area contributed by atoms with Crippen LogP contribution in [0.4, 0.5) is 0 Å². The molecule has 1 aromatic rings. The van der Waals surface area contributed by atoms with Gasteiger partial charge in [0.25, 0.3) is 0 Å². The van der Waals surface area contributed by atoms with Gasteiger partial charge in [-0.2, -0.15) is 11.3 Å². The standard InChI is InChI=1S/C12H16S2/c1-10-4-6-14(8-10)9-11(2)12-3-5-13-7-12/h3-8,11,14H,9H2,1-2H3. The van der Waals surface area contributed by atoms with Gasteiger partial charge in [-0.3, -0.25) is 0 Å². The van der Waals surface area contributed by atoms with Crippen molar-refractivity contribution in [3.05, 3.63) is 44.9 Å². The molecule has 2 unspecified atom stereocenters. The van der Waals surface area contributed by atoms with Crippen LogP contribution in [0.1, 0.15) is 25.3 Å². The van der Waals surface area contributed by atoms with Crippen LogP contribution >= 0.6 is 22.2 Å². The molecule has 0 fully saturated rings. The third kappa shape index (κ3) is 2.31. The number of thiophene rings is 1. The molecule has 14 heavy (non-hydrogen) atoms. The predicted octanol–water partition coefficient (Wildman–Crippen LogP) is 4.28. The van der Waals surface area contributed by atoms with Crippen LogP contribution in [0.15, 0.2) is 39.3 Å². The third-order valence-electron chi connectivity index (χ3n) is 2.50. The van der Waals surface area contributed by atoms with Crippen molar-refractivity contribution < 1.29 is 0 Å². The van der Waals surface area contributed by atoms with Crippen LogP contribution in [-0.4, -0.2) is 5.75 Å². The summed E-state index contributed by atoms with van der Waals surface area (Å²) in [5.74, 6) is 2.01. The van der Waals surface area contributed by atoms with Crippen molar-refractivity contribution in [3.63, 3.8) is 0 Å². The first-order valence-electron chi connectivity index (χ1n) is 4.90. The summed E-state index contributed by atoms with van der Waals surface area (Å²) in [6, 6.07) is 2.25. The highest BCUT2D eigenvalue weighted by molar-refractivity contribution is 8.22. The average Bonchev–Trinajstić information content (AvgIpc) is 2.75. The Morgan fingerprint density at radius 1 is 1.50 bits per heavy atom. The predicted molar refractivity (Wildman–Crippen MR) is 69.5 cm³/mol. The fourth-order valence-corrected chi connectivity index (χ4v) is 4.63. The number of rotatable bonds is 3. The van der Waals surface area contributed by atoms with Gasteiger partial charge in [-0.1, -0.05) is 13.0 Å². The van der Waals surface area contributed by atoms with E-state index in [0.717, 1.165) is 0 Å². The quantitative estimate of drug-likeness (QED) is 0.728. The Balaban J connectivity index is 1.96. The second-order valence-corrected chi connectivity index (χ2v) is 6.57. The Morgan fingerprint density at radius 3 is 2.93 bits per heavy atom. The van der Waals surface area contributed by atoms with Crippen LogP contribution < -0.4 is 0 Å². The van der Waals surface area contributed by atoms with E-state index in [-0.39, 0.29) is 10.9 Å². The highest BCUT2D eigenvalue weighted by Gasteiger charge is 2.10.